The fourth-order valence-electron chi connectivity index (χ4n) is 1.58. The molecule has 17 heavy (non-hydrogen) atoms. The predicted octanol–water partition coefficient (Wildman–Crippen LogP) is 1.50. The summed E-state index contributed by atoms with van der Waals surface area (Å²) in [6, 6.07) is 8.15. The molecule has 0 saturated carbocycles. The lowest BCUT2D eigenvalue weighted by atomic mass is 10.1. The molecular formula is C13H22N2O2. The molecule has 0 bridgehead atoms. The van der Waals surface area contributed by atoms with E-state index in [1.165, 1.54) is 5.56 Å². The Morgan fingerprint density at radius 2 is 2.00 bits per heavy atom. The minimum atomic E-state index is 0.148. The number of benzene rings is 1. The molecule has 1 aromatic carbocycles. The molecule has 0 aliphatic carbocycles. The van der Waals surface area contributed by atoms with Crippen LogP contribution in [-0.2, 0) is 11.2 Å². The Morgan fingerprint density at radius 1 is 1.29 bits per heavy atom. The van der Waals surface area contributed by atoms with E-state index in [0.29, 0.717) is 6.61 Å². The van der Waals surface area contributed by atoms with Crippen LogP contribution in [0.5, 0.6) is 5.75 Å². The van der Waals surface area contributed by atoms with Crippen molar-refractivity contribution in [1.29, 1.82) is 0 Å². The van der Waals surface area contributed by atoms with E-state index in [4.69, 9.17) is 15.3 Å². The van der Waals surface area contributed by atoms with Crippen molar-refractivity contribution in [2.45, 2.75) is 25.8 Å². The third kappa shape index (κ3) is 5.17. The summed E-state index contributed by atoms with van der Waals surface area (Å²) in [4.78, 5) is 0. The largest absolute Gasteiger partial charge is 0.497 e. The molecule has 1 aromatic rings. The molecule has 0 aliphatic rings. The quantitative estimate of drug-likeness (QED) is 0.409. The van der Waals surface area contributed by atoms with Crippen molar-refractivity contribution < 1.29 is 9.47 Å². The lowest BCUT2D eigenvalue weighted by molar-refractivity contribution is 0.112. The van der Waals surface area contributed by atoms with Crippen molar-refractivity contribution >= 4 is 0 Å². The van der Waals surface area contributed by atoms with Crippen LogP contribution in [0.25, 0.3) is 0 Å². The Balaban J connectivity index is 2.43. The zero-order chi connectivity index (χ0) is 12.5. The Bertz CT molecular complexity index is 301. The fraction of sp³-hybridized carbons (Fsp3) is 0.538. The van der Waals surface area contributed by atoms with Crippen LogP contribution in [0.4, 0.5) is 0 Å². The van der Waals surface area contributed by atoms with E-state index in [1.54, 1.807) is 7.11 Å². The smallest absolute Gasteiger partial charge is 0.118 e. The van der Waals surface area contributed by atoms with E-state index in [-0.39, 0.29) is 6.04 Å². The maximum absolute atomic E-state index is 5.50. The van der Waals surface area contributed by atoms with Gasteiger partial charge in [0.15, 0.2) is 0 Å². The Morgan fingerprint density at radius 3 is 2.53 bits per heavy atom. The number of ether oxygens (including phenoxy) is 2. The highest BCUT2D eigenvalue weighted by Gasteiger charge is 2.07. The maximum atomic E-state index is 5.50. The van der Waals surface area contributed by atoms with Gasteiger partial charge in [0.1, 0.15) is 5.75 Å². The van der Waals surface area contributed by atoms with Crippen molar-refractivity contribution in [1.82, 2.24) is 5.43 Å². The summed E-state index contributed by atoms with van der Waals surface area (Å²) in [5, 5.41) is 0. The first-order chi connectivity index (χ1) is 8.30. The van der Waals surface area contributed by atoms with Crippen LogP contribution in [0.2, 0.25) is 0 Å². The zero-order valence-electron chi connectivity index (χ0n) is 10.6. The molecule has 0 fully saturated rings. The van der Waals surface area contributed by atoms with Crippen molar-refractivity contribution in [3.05, 3.63) is 29.8 Å². The van der Waals surface area contributed by atoms with Gasteiger partial charge in [-0.2, -0.15) is 0 Å². The molecule has 0 amide bonds. The van der Waals surface area contributed by atoms with Gasteiger partial charge in [0.2, 0.25) is 0 Å². The average molecular weight is 238 g/mol. The number of hydrogen-bond donors (Lipinski definition) is 2. The molecule has 0 saturated heterocycles. The molecule has 0 aliphatic heterocycles. The molecule has 0 spiro atoms. The van der Waals surface area contributed by atoms with Gasteiger partial charge in [-0.1, -0.05) is 19.1 Å². The second-order valence-electron chi connectivity index (χ2n) is 3.99. The van der Waals surface area contributed by atoms with E-state index in [2.05, 4.69) is 12.3 Å². The van der Waals surface area contributed by atoms with Gasteiger partial charge in [-0.25, -0.2) is 0 Å². The fourth-order valence-corrected chi connectivity index (χ4v) is 1.58. The number of hydrogen-bond acceptors (Lipinski definition) is 4. The van der Waals surface area contributed by atoms with Crippen molar-refractivity contribution in [3.63, 3.8) is 0 Å². The topological polar surface area (TPSA) is 56.5 Å². The van der Waals surface area contributed by atoms with E-state index in [0.717, 1.165) is 25.2 Å². The number of nitrogens with one attached hydrogen (secondary N) is 1. The van der Waals surface area contributed by atoms with E-state index in [1.807, 2.05) is 24.3 Å². The molecule has 0 heterocycles. The summed E-state index contributed by atoms with van der Waals surface area (Å²) in [6.45, 7) is 3.51. The molecule has 0 aromatic heterocycles. The molecule has 4 nitrogen and oxygen atoms in total. The molecule has 0 radical (unpaired) electrons. The summed E-state index contributed by atoms with van der Waals surface area (Å²) in [6.07, 6.45) is 1.88. The molecule has 3 N–H and O–H groups in total. The number of methoxy groups -OCH3 is 1. The standard InChI is InChI=1S/C13H22N2O2/c1-3-8-17-10-12(15-14)9-11-4-6-13(16-2)7-5-11/h4-7,12,15H,3,8-10,14H2,1-2H3. The first kappa shape index (κ1) is 14.0. The van der Waals surface area contributed by atoms with Crippen molar-refractivity contribution in [2.24, 2.45) is 5.84 Å². The van der Waals surface area contributed by atoms with Crippen molar-refractivity contribution in [2.75, 3.05) is 20.3 Å². The minimum absolute atomic E-state index is 0.148. The predicted molar refractivity (Wildman–Crippen MR) is 68.9 cm³/mol. The minimum Gasteiger partial charge on any atom is -0.497 e. The monoisotopic (exact) mass is 238 g/mol. The number of nitrogens with two attached hydrogens (primary N) is 1. The third-order valence-electron chi connectivity index (χ3n) is 2.54. The van der Waals surface area contributed by atoms with Gasteiger partial charge >= 0.3 is 0 Å². The van der Waals surface area contributed by atoms with E-state index < -0.39 is 0 Å². The highest BCUT2D eigenvalue weighted by atomic mass is 16.5. The van der Waals surface area contributed by atoms with Gasteiger partial charge in [-0.05, 0) is 30.5 Å². The lowest BCUT2D eigenvalue weighted by Crippen LogP contribution is -2.40. The SMILES string of the molecule is CCCOCC(Cc1ccc(OC)cc1)NN. The van der Waals surface area contributed by atoms with E-state index >= 15 is 0 Å². The Hall–Kier alpha value is -1.10. The molecule has 1 unspecified atom stereocenters. The molecule has 1 atom stereocenters. The maximum Gasteiger partial charge on any atom is 0.118 e. The molecule has 96 valence electrons. The van der Waals surface area contributed by atoms with Gasteiger partial charge in [-0.15, -0.1) is 0 Å². The summed E-state index contributed by atoms with van der Waals surface area (Å²) < 4.78 is 10.6. The second-order valence-corrected chi connectivity index (χ2v) is 3.99. The van der Waals surface area contributed by atoms with Crippen LogP contribution >= 0.6 is 0 Å². The molecular weight excluding hydrogens is 216 g/mol. The van der Waals surface area contributed by atoms with Crippen LogP contribution in [0.3, 0.4) is 0 Å². The highest BCUT2D eigenvalue weighted by Crippen LogP contribution is 2.12. The molecule has 1 rings (SSSR count). The van der Waals surface area contributed by atoms with Gasteiger partial charge < -0.3 is 9.47 Å². The van der Waals surface area contributed by atoms with Crippen LogP contribution in [0.1, 0.15) is 18.9 Å². The lowest BCUT2D eigenvalue weighted by Gasteiger charge is -2.16. The van der Waals surface area contributed by atoms with Crippen LogP contribution in [0.15, 0.2) is 24.3 Å². The number of rotatable bonds is 8. The van der Waals surface area contributed by atoms with Gasteiger partial charge in [0.25, 0.3) is 0 Å². The van der Waals surface area contributed by atoms with Crippen LogP contribution < -0.4 is 16.0 Å². The van der Waals surface area contributed by atoms with Crippen LogP contribution in [-0.4, -0.2) is 26.4 Å². The first-order valence-electron chi connectivity index (χ1n) is 5.97. The average Bonchev–Trinajstić information content (AvgIpc) is 2.38. The Kier molecular flexibility index (Phi) is 6.62. The summed E-state index contributed by atoms with van der Waals surface area (Å²) in [5.74, 6) is 6.37. The number of hydrazine groups is 1. The van der Waals surface area contributed by atoms with E-state index in [9.17, 15) is 0 Å². The highest BCUT2D eigenvalue weighted by molar-refractivity contribution is 5.27. The van der Waals surface area contributed by atoms with Gasteiger partial charge in [0.05, 0.1) is 13.7 Å². The zero-order valence-corrected chi connectivity index (χ0v) is 10.6. The summed E-state index contributed by atoms with van der Waals surface area (Å²) in [7, 11) is 1.66. The summed E-state index contributed by atoms with van der Waals surface area (Å²) in [5.41, 5.74) is 4.00. The van der Waals surface area contributed by atoms with Crippen molar-refractivity contribution in [3.8, 4) is 5.75 Å². The van der Waals surface area contributed by atoms with Gasteiger partial charge in [0, 0.05) is 12.6 Å². The molecule has 4 heteroatoms. The van der Waals surface area contributed by atoms with Gasteiger partial charge in [-0.3, -0.25) is 11.3 Å². The second kappa shape index (κ2) is 8.06. The Labute approximate surface area is 103 Å². The third-order valence-corrected chi connectivity index (χ3v) is 2.54. The normalized spacial score (nSPS) is 12.4. The van der Waals surface area contributed by atoms with Crippen LogP contribution in [0, 0.1) is 0 Å². The summed E-state index contributed by atoms with van der Waals surface area (Å²) >= 11 is 0. The first-order valence-corrected chi connectivity index (χ1v) is 5.97.